The fourth-order valence-electron chi connectivity index (χ4n) is 2.81. The number of β-amino-alcohol motifs (C(OH)–C–C–N with tert-alkyl or cyclic N) is 1. The number of hydrogen-bond acceptors (Lipinski definition) is 4. The molecule has 0 saturated carbocycles. The molecule has 2 N–H and O–H groups in total. The van der Waals surface area contributed by atoms with Crippen molar-refractivity contribution in [2.45, 2.75) is 38.3 Å². The maximum absolute atomic E-state index is 11.8. The number of aliphatic hydroxyl groups excluding tert-OH is 1. The van der Waals surface area contributed by atoms with Gasteiger partial charge in [0.25, 0.3) is 0 Å². The second kappa shape index (κ2) is 8.90. The van der Waals surface area contributed by atoms with Gasteiger partial charge in [0.15, 0.2) is 0 Å². The molecule has 5 nitrogen and oxygen atoms in total. The van der Waals surface area contributed by atoms with Crippen molar-refractivity contribution in [1.82, 2.24) is 9.80 Å². The third-order valence-corrected chi connectivity index (χ3v) is 5.08. The van der Waals surface area contributed by atoms with Crippen LogP contribution in [0, 0.1) is 0 Å². The van der Waals surface area contributed by atoms with Crippen molar-refractivity contribution in [1.29, 1.82) is 0 Å². The van der Waals surface area contributed by atoms with E-state index >= 15 is 0 Å². The van der Waals surface area contributed by atoms with Crippen LogP contribution in [0.25, 0.3) is 0 Å². The van der Waals surface area contributed by atoms with Crippen molar-refractivity contribution in [2.75, 3.05) is 26.2 Å². The van der Waals surface area contributed by atoms with E-state index in [0.717, 1.165) is 39.0 Å². The number of carbonyl (C=O) groups excluding carboxylic acids is 1. The van der Waals surface area contributed by atoms with Crippen LogP contribution >= 0.6 is 23.2 Å². The number of carbonyl (C=O) groups is 1. The first-order valence-corrected chi connectivity index (χ1v) is 8.96. The van der Waals surface area contributed by atoms with Gasteiger partial charge in [0, 0.05) is 38.6 Å². The number of rotatable bonds is 3. The predicted octanol–water partition coefficient (Wildman–Crippen LogP) is 2.76. The van der Waals surface area contributed by atoms with Crippen LogP contribution in [0.2, 0.25) is 10.0 Å². The summed E-state index contributed by atoms with van der Waals surface area (Å²) in [7, 11) is 0. The van der Waals surface area contributed by atoms with Gasteiger partial charge in [-0.15, -0.1) is 0 Å². The molecule has 0 radical (unpaired) electrons. The van der Waals surface area contributed by atoms with E-state index in [1.54, 1.807) is 6.07 Å². The molecule has 0 aliphatic carbocycles. The molecule has 0 bridgehead atoms. The summed E-state index contributed by atoms with van der Waals surface area (Å²) in [5, 5.41) is 18.8. The highest BCUT2D eigenvalue weighted by atomic mass is 35.5. The molecule has 2 fully saturated rings. The van der Waals surface area contributed by atoms with Gasteiger partial charge < -0.3 is 15.1 Å². The highest BCUT2D eigenvalue weighted by Gasteiger charge is 2.30. The number of benzene rings is 1. The van der Waals surface area contributed by atoms with Crippen molar-refractivity contribution < 1.29 is 15.0 Å². The summed E-state index contributed by atoms with van der Waals surface area (Å²) in [4.78, 5) is 15.9. The van der Waals surface area contributed by atoms with Crippen LogP contribution in [0.4, 0.5) is 0 Å². The van der Waals surface area contributed by atoms with Gasteiger partial charge in [0.1, 0.15) is 5.75 Å². The molecule has 2 aliphatic rings. The Morgan fingerprint density at radius 1 is 1.25 bits per heavy atom. The molecule has 0 spiro atoms. The zero-order chi connectivity index (χ0) is 17.7. The Balaban J connectivity index is 0.000000198. The summed E-state index contributed by atoms with van der Waals surface area (Å²) in [6, 6.07) is 4.69. The lowest BCUT2D eigenvalue weighted by atomic mass is 10.1. The molecule has 2 aliphatic heterocycles. The predicted molar refractivity (Wildman–Crippen MR) is 95.6 cm³/mol. The smallest absolute Gasteiger partial charge is 0.224 e. The lowest BCUT2D eigenvalue weighted by Crippen LogP contribution is -2.55. The number of hydrogen-bond donors (Lipinski definition) is 2. The van der Waals surface area contributed by atoms with E-state index in [4.69, 9.17) is 28.3 Å². The van der Waals surface area contributed by atoms with Crippen LogP contribution < -0.4 is 0 Å². The van der Waals surface area contributed by atoms with Crippen LogP contribution in [-0.4, -0.2) is 64.2 Å². The van der Waals surface area contributed by atoms with Gasteiger partial charge in [0.05, 0.1) is 16.1 Å². The second-order valence-electron chi connectivity index (χ2n) is 6.35. The molecule has 134 valence electrons. The molecule has 1 atom stereocenters. The molecule has 1 amide bonds. The molecule has 24 heavy (non-hydrogen) atoms. The molecule has 7 heteroatoms. The zero-order valence-electron chi connectivity index (χ0n) is 13.8. The number of halogens is 2. The fourth-order valence-corrected chi connectivity index (χ4v) is 3.10. The molecule has 2 heterocycles. The standard InChI is InChI=1S/C11H20N2O2.C6H4Cl2O/c1-9(13-7-10(14)8-13)6-11(15)12-4-2-3-5-12;7-5-2-1-4(9)3-6(5)8/h9-10,14H,2-8H2,1H3;1-3,9H. The topological polar surface area (TPSA) is 64.0 Å². The monoisotopic (exact) mass is 374 g/mol. The van der Waals surface area contributed by atoms with Crippen LogP contribution in [-0.2, 0) is 4.79 Å². The van der Waals surface area contributed by atoms with E-state index < -0.39 is 0 Å². The third kappa shape index (κ3) is 5.52. The minimum Gasteiger partial charge on any atom is -0.508 e. The molecule has 0 aromatic heterocycles. The van der Waals surface area contributed by atoms with E-state index in [1.165, 1.54) is 12.1 Å². The number of phenolic OH excluding ortho intramolecular Hbond substituents is 1. The summed E-state index contributed by atoms with van der Waals surface area (Å²) in [5.41, 5.74) is 0. The lowest BCUT2D eigenvalue weighted by Gasteiger charge is -2.40. The maximum atomic E-state index is 11.8. The van der Waals surface area contributed by atoms with Crippen molar-refractivity contribution >= 4 is 29.1 Å². The van der Waals surface area contributed by atoms with Gasteiger partial charge in [0.2, 0.25) is 5.91 Å². The van der Waals surface area contributed by atoms with E-state index in [9.17, 15) is 9.90 Å². The molecule has 2 saturated heterocycles. The van der Waals surface area contributed by atoms with Gasteiger partial charge in [-0.1, -0.05) is 23.2 Å². The van der Waals surface area contributed by atoms with Gasteiger partial charge >= 0.3 is 0 Å². The third-order valence-electron chi connectivity index (χ3n) is 4.35. The van der Waals surface area contributed by atoms with Crippen molar-refractivity contribution in [2.24, 2.45) is 0 Å². The molecule has 3 rings (SSSR count). The van der Waals surface area contributed by atoms with Crippen molar-refractivity contribution in [3.05, 3.63) is 28.2 Å². The number of likely N-dealkylation sites (tertiary alicyclic amines) is 2. The summed E-state index contributed by atoms with van der Waals surface area (Å²) >= 11 is 11.1. The fraction of sp³-hybridized carbons (Fsp3) is 0.588. The van der Waals surface area contributed by atoms with Crippen LogP contribution in [0.5, 0.6) is 5.75 Å². The first-order chi connectivity index (χ1) is 11.4. The Bertz CT molecular complexity index is 559. The van der Waals surface area contributed by atoms with E-state index in [0.29, 0.717) is 16.5 Å². The van der Waals surface area contributed by atoms with Crippen molar-refractivity contribution in [3.63, 3.8) is 0 Å². The summed E-state index contributed by atoms with van der Waals surface area (Å²) in [6.45, 7) is 5.41. The van der Waals surface area contributed by atoms with Gasteiger partial charge in [-0.3, -0.25) is 9.69 Å². The Morgan fingerprint density at radius 2 is 1.88 bits per heavy atom. The summed E-state index contributed by atoms with van der Waals surface area (Å²) < 4.78 is 0. The molecule has 1 unspecified atom stereocenters. The summed E-state index contributed by atoms with van der Waals surface area (Å²) in [6.07, 6.45) is 2.74. The average Bonchev–Trinajstić information content (AvgIpc) is 3.03. The number of amides is 1. The van der Waals surface area contributed by atoms with Crippen LogP contribution in [0.15, 0.2) is 18.2 Å². The highest BCUT2D eigenvalue weighted by Crippen LogP contribution is 2.25. The normalized spacial score (nSPS) is 19.4. The minimum atomic E-state index is -0.172. The van der Waals surface area contributed by atoms with E-state index in [1.807, 2.05) is 4.90 Å². The second-order valence-corrected chi connectivity index (χ2v) is 7.16. The van der Waals surface area contributed by atoms with Gasteiger partial charge in [-0.2, -0.15) is 0 Å². The quantitative estimate of drug-likeness (QED) is 0.853. The summed E-state index contributed by atoms with van der Waals surface area (Å²) in [5.74, 6) is 0.408. The molecular weight excluding hydrogens is 351 g/mol. The van der Waals surface area contributed by atoms with E-state index in [-0.39, 0.29) is 23.8 Å². The Kier molecular flexibility index (Phi) is 7.16. The zero-order valence-corrected chi connectivity index (χ0v) is 15.3. The SMILES string of the molecule is CC(CC(=O)N1CCCC1)N1CC(O)C1.Oc1ccc(Cl)c(Cl)c1. The van der Waals surface area contributed by atoms with Gasteiger partial charge in [-0.05, 0) is 38.0 Å². The molecular formula is C17H24Cl2N2O3. The van der Waals surface area contributed by atoms with Crippen molar-refractivity contribution in [3.8, 4) is 5.75 Å². The number of aromatic hydroxyl groups is 1. The number of aliphatic hydroxyl groups is 1. The number of phenols is 1. The largest absolute Gasteiger partial charge is 0.508 e. The van der Waals surface area contributed by atoms with Crippen LogP contribution in [0.1, 0.15) is 26.2 Å². The Labute approximate surface area is 152 Å². The maximum Gasteiger partial charge on any atom is 0.224 e. The Morgan fingerprint density at radius 3 is 2.38 bits per heavy atom. The molecule has 1 aromatic carbocycles. The number of nitrogens with zero attached hydrogens (tertiary/aromatic N) is 2. The minimum absolute atomic E-state index is 0.129. The first kappa shape index (κ1) is 19.3. The molecule has 1 aromatic rings. The average molecular weight is 375 g/mol. The van der Waals surface area contributed by atoms with Crippen LogP contribution in [0.3, 0.4) is 0 Å². The Hall–Kier alpha value is -1.01. The highest BCUT2D eigenvalue weighted by molar-refractivity contribution is 6.42. The van der Waals surface area contributed by atoms with E-state index in [2.05, 4.69) is 11.8 Å². The first-order valence-electron chi connectivity index (χ1n) is 8.20. The van der Waals surface area contributed by atoms with Gasteiger partial charge in [-0.25, -0.2) is 0 Å². The lowest BCUT2D eigenvalue weighted by molar-refractivity contribution is -0.132.